The molecule has 2 amide bonds. The minimum Gasteiger partial charge on any atom is -0.387 e. The van der Waals surface area contributed by atoms with Crippen LogP contribution >= 0.6 is 0 Å². The summed E-state index contributed by atoms with van der Waals surface area (Å²) in [5, 5.41) is 10.8. The third-order valence-electron chi connectivity index (χ3n) is 5.43. The fourth-order valence-corrected chi connectivity index (χ4v) is 3.72. The van der Waals surface area contributed by atoms with Gasteiger partial charge in [0.15, 0.2) is 0 Å². The third kappa shape index (κ3) is 3.27. The number of amides is 2. The van der Waals surface area contributed by atoms with E-state index in [4.69, 9.17) is 0 Å². The van der Waals surface area contributed by atoms with E-state index in [2.05, 4.69) is 4.90 Å². The Hall–Kier alpha value is -1.14. The predicted octanol–water partition coefficient (Wildman–Crippen LogP) is -0.0860. The van der Waals surface area contributed by atoms with Crippen molar-refractivity contribution in [3.8, 4) is 0 Å². The zero-order valence-corrected chi connectivity index (χ0v) is 13.5. The summed E-state index contributed by atoms with van der Waals surface area (Å²) >= 11 is 0. The SMILES string of the molecule is CC(=O)N1CCN(C[C@]2(O)CCN(C(=O)C3CCC3)C2)CC1. The van der Waals surface area contributed by atoms with E-state index in [0.29, 0.717) is 26.1 Å². The Labute approximate surface area is 132 Å². The summed E-state index contributed by atoms with van der Waals surface area (Å²) in [6.07, 6.45) is 3.86. The van der Waals surface area contributed by atoms with Crippen LogP contribution in [0.3, 0.4) is 0 Å². The van der Waals surface area contributed by atoms with E-state index >= 15 is 0 Å². The van der Waals surface area contributed by atoms with Gasteiger partial charge in [0.2, 0.25) is 11.8 Å². The zero-order chi connectivity index (χ0) is 15.7. The summed E-state index contributed by atoms with van der Waals surface area (Å²) < 4.78 is 0. The number of likely N-dealkylation sites (tertiary alicyclic amines) is 1. The molecule has 2 heterocycles. The minimum atomic E-state index is -0.780. The van der Waals surface area contributed by atoms with Crippen LogP contribution in [0.5, 0.6) is 0 Å². The van der Waals surface area contributed by atoms with Crippen molar-refractivity contribution >= 4 is 11.8 Å². The summed E-state index contributed by atoms with van der Waals surface area (Å²) in [5.74, 6) is 0.571. The van der Waals surface area contributed by atoms with Crippen LogP contribution in [0.15, 0.2) is 0 Å². The molecule has 3 aliphatic rings. The second-order valence-corrected chi connectivity index (χ2v) is 7.14. The van der Waals surface area contributed by atoms with Crippen molar-refractivity contribution in [3.05, 3.63) is 0 Å². The monoisotopic (exact) mass is 309 g/mol. The average Bonchev–Trinajstić information content (AvgIpc) is 2.79. The summed E-state index contributed by atoms with van der Waals surface area (Å²) in [5.41, 5.74) is -0.780. The van der Waals surface area contributed by atoms with Gasteiger partial charge in [0.05, 0.1) is 12.1 Å². The van der Waals surface area contributed by atoms with E-state index < -0.39 is 5.60 Å². The van der Waals surface area contributed by atoms with Crippen molar-refractivity contribution < 1.29 is 14.7 Å². The number of aliphatic hydroxyl groups is 1. The van der Waals surface area contributed by atoms with Gasteiger partial charge in [-0.3, -0.25) is 14.5 Å². The number of nitrogens with zero attached hydrogens (tertiary/aromatic N) is 3. The lowest BCUT2D eigenvalue weighted by Gasteiger charge is -2.38. The summed E-state index contributed by atoms with van der Waals surface area (Å²) in [6, 6.07) is 0. The van der Waals surface area contributed by atoms with Gasteiger partial charge in [-0.05, 0) is 19.3 Å². The van der Waals surface area contributed by atoms with Gasteiger partial charge >= 0.3 is 0 Å². The van der Waals surface area contributed by atoms with Crippen LogP contribution in [-0.4, -0.2) is 83.0 Å². The molecule has 0 unspecified atom stereocenters. The predicted molar refractivity (Wildman–Crippen MR) is 82.2 cm³/mol. The highest BCUT2D eigenvalue weighted by atomic mass is 16.3. The number of rotatable bonds is 3. The Bertz CT molecular complexity index is 444. The highest BCUT2D eigenvalue weighted by Crippen LogP contribution is 2.31. The van der Waals surface area contributed by atoms with Crippen LogP contribution in [0.1, 0.15) is 32.6 Å². The van der Waals surface area contributed by atoms with E-state index in [1.807, 2.05) is 9.80 Å². The number of β-amino-alcohol motifs (C(OH)–C–C–N with tert-alkyl or cyclic N) is 1. The first kappa shape index (κ1) is 15.7. The second-order valence-electron chi connectivity index (χ2n) is 7.14. The van der Waals surface area contributed by atoms with Crippen LogP contribution in [0.2, 0.25) is 0 Å². The lowest BCUT2D eigenvalue weighted by molar-refractivity contribution is -0.138. The lowest BCUT2D eigenvalue weighted by Crippen LogP contribution is -2.53. The highest BCUT2D eigenvalue weighted by molar-refractivity contribution is 5.80. The van der Waals surface area contributed by atoms with Crippen LogP contribution in [0.4, 0.5) is 0 Å². The number of hydrogen-bond donors (Lipinski definition) is 1. The van der Waals surface area contributed by atoms with Gasteiger partial charge in [-0.2, -0.15) is 0 Å². The molecule has 1 aliphatic carbocycles. The Morgan fingerprint density at radius 1 is 1.09 bits per heavy atom. The molecule has 0 aromatic carbocycles. The highest BCUT2D eigenvalue weighted by Gasteiger charge is 2.42. The fourth-order valence-electron chi connectivity index (χ4n) is 3.72. The van der Waals surface area contributed by atoms with Crippen LogP contribution in [0, 0.1) is 5.92 Å². The Morgan fingerprint density at radius 2 is 1.77 bits per heavy atom. The first-order valence-corrected chi connectivity index (χ1v) is 8.46. The van der Waals surface area contributed by atoms with Gasteiger partial charge in [-0.1, -0.05) is 6.42 Å². The fraction of sp³-hybridized carbons (Fsp3) is 0.875. The van der Waals surface area contributed by atoms with Gasteiger partial charge in [0.25, 0.3) is 0 Å². The molecule has 2 aliphatic heterocycles. The molecular weight excluding hydrogens is 282 g/mol. The molecule has 0 aromatic rings. The standard InChI is InChI=1S/C16H27N3O3/c1-13(20)18-9-7-17(8-10-18)11-16(22)5-6-19(12-16)15(21)14-3-2-4-14/h14,22H,2-12H2,1H3/t16-/m1/s1. The van der Waals surface area contributed by atoms with Gasteiger partial charge < -0.3 is 14.9 Å². The molecule has 1 atom stereocenters. The van der Waals surface area contributed by atoms with Crippen molar-refractivity contribution in [2.45, 2.75) is 38.2 Å². The van der Waals surface area contributed by atoms with Crippen LogP contribution < -0.4 is 0 Å². The molecule has 1 N–H and O–H groups in total. The van der Waals surface area contributed by atoms with Crippen LogP contribution in [0.25, 0.3) is 0 Å². The largest absolute Gasteiger partial charge is 0.387 e. The molecule has 0 spiro atoms. The molecule has 6 nitrogen and oxygen atoms in total. The first-order valence-electron chi connectivity index (χ1n) is 8.46. The van der Waals surface area contributed by atoms with Crippen LogP contribution in [-0.2, 0) is 9.59 Å². The molecule has 6 heteroatoms. The van der Waals surface area contributed by atoms with E-state index in [1.54, 1.807) is 6.92 Å². The quantitative estimate of drug-likeness (QED) is 0.792. The van der Waals surface area contributed by atoms with Crippen molar-refractivity contribution in [1.82, 2.24) is 14.7 Å². The maximum Gasteiger partial charge on any atom is 0.225 e. The molecule has 3 rings (SSSR count). The molecule has 0 bridgehead atoms. The van der Waals surface area contributed by atoms with E-state index in [0.717, 1.165) is 45.4 Å². The van der Waals surface area contributed by atoms with Crippen molar-refractivity contribution in [3.63, 3.8) is 0 Å². The smallest absolute Gasteiger partial charge is 0.225 e. The van der Waals surface area contributed by atoms with E-state index in [-0.39, 0.29) is 17.7 Å². The summed E-state index contributed by atoms with van der Waals surface area (Å²) in [6.45, 7) is 6.43. The normalized spacial score (nSPS) is 30.5. The van der Waals surface area contributed by atoms with Gasteiger partial charge in [-0.15, -0.1) is 0 Å². The molecule has 1 saturated carbocycles. The van der Waals surface area contributed by atoms with E-state index in [1.165, 1.54) is 0 Å². The maximum absolute atomic E-state index is 12.3. The van der Waals surface area contributed by atoms with Gasteiger partial charge in [-0.25, -0.2) is 0 Å². The number of hydrogen-bond acceptors (Lipinski definition) is 4. The molecule has 2 saturated heterocycles. The summed E-state index contributed by atoms with van der Waals surface area (Å²) in [4.78, 5) is 29.5. The second kappa shape index (κ2) is 6.16. The average molecular weight is 309 g/mol. The summed E-state index contributed by atoms with van der Waals surface area (Å²) in [7, 11) is 0. The Kier molecular flexibility index (Phi) is 4.41. The van der Waals surface area contributed by atoms with Gasteiger partial charge in [0, 0.05) is 52.1 Å². The minimum absolute atomic E-state index is 0.122. The number of piperazine rings is 1. The molecule has 22 heavy (non-hydrogen) atoms. The van der Waals surface area contributed by atoms with E-state index in [9.17, 15) is 14.7 Å². The topological polar surface area (TPSA) is 64.1 Å². The zero-order valence-electron chi connectivity index (χ0n) is 13.5. The third-order valence-corrected chi connectivity index (χ3v) is 5.43. The van der Waals surface area contributed by atoms with Gasteiger partial charge in [0.1, 0.15) is 0 Å². The first-order chi connectivity index (χ1) is 10.5. The molecule has 0 aromatic heterocycles. The number of carbonyl (C=O) groups excluding carboxylic acids is 2. The lowest BCUT2D eigenvalue weighted by atomic mass is 9.84. The van der Waals surface area contributed by atoms with Crippen molar-refractivity contribution in [1.29, 1.82) is 0 Å². The Morgan fingerprint density at radius 3 is 2.32 bits per heavy atom. The molecule has 3 fully saturated rings. The maximum atomic E-state index is 12.3. The molecule has 124 valence electrons. The molecular formula is C16H27N3O3. The number of carbonyl (C=O) groups is 2. The Balaban J connectivity index is 1.48. The van der Waals surface area contributed by atoms with Crippen molar-refractivity contribution in [2.24, 2.45) is 5.92 Å². The van der Waals surface area contributed by atoms with Crippen molar-refractivity contribution in [2.75, 3.05) is 45.8 Å². The molecule has 0 radical (unpaired) electrons.